The Morgan fingerprint density at radius 1 is 1.20 bits per heavy atom. The minimum absolute atomic E-state index is 0.0376. The van der Waals surface area contributed by atoms with Crippen molar-refractivity contribution >= 4 is 17.4 Å². The molecule has 3 rings (SSSR count). The highest BCUT2D eigenvalue weighted by molar-refractivity contribution is 6.05. The second-order valence-corrected chi connectivity index (χ2v) is 5.94. The van der Waals surface area contributed by atoms with Gasteiger partial charge in [0.05, 0.1) is 6.54 Å². The lowest BCUT2D eigenvalue weighted by Gasteiger charge is -2.07. The lowest BCUT2D eigenvalue weighted by Crippen LogP contribution is -2.15. The molecule has 7 heteroatoms. The van der Waals surface area contributed by atoms with E-state index in [0.29, 0.717) is 11.3 Å². The van der Waals surface area contributed by atoms with Crippen molar-refractivity contribution in [2.45, 2.75) is 20.4 Å². The highest BCUT2D eigenvalue weighted by Gasteiger charge is 2.18. The Bertz CT molecular complexity index is 915. The Balaban J connectivity index is 1.79. The molecule has 1 heterocycles. The van der Waals surface area contributed by atoms with E-state index in [0.717, 1.165) is 11.1 Å². The number of anilines is 2. The van der Waals surface area contributed by atoms with Crippen LogP contribution in [0.15, 0.2) is 42.5 Å². The van der Waals surface area contributed by atoms with E-state index in [1.54, 1.807) is 12.1 Å². The molecule has 1 aromatic heterocycles. The van der Waals surface area contributed by atoms with Crippen LogP contribution in [-0.4, -0.2) is 20.9 Å². The number of carbonyl (C=O) groups excluding carboxylic acids is 1. The van der Waals surface area contributed by atoms with Crippen molar-refractivity contribution in [2.75, 3.05) is 11.1 Å². The fourth-order valence-electron chi connectivity index (χ4n) is 2.64. The number of rotatable bonds is 4. The molecular formula is C18H18FN5O. The molecule has 3 aromatic rings. The molecular weight excluding hydrogens is 321 g/mol. The zero-order valence-corrected chi connectivity index (χ0v) is 14.0. The smallest absolute Gasteiger partial charge is 0.280 e. The van der Waals surface area contributed by atoms with Crippen molar-refractivity contribution in [3.63, 3.8) is 0 Å². The zero-order valence-electron chi connectivity index (χ0n) is 14.0. The van der Waals surface area contributed by atoms with Crippen LogP contribution in [0.1, 0.15) is 27.2 Å². The van der Waals surface area contributed by atoms with E-state index in [-0.39, 0.29) is 23.9 Å². The molecule has 0 saturated heterocycles. The summed E-state index contributed by atoms with van der Waals surface area (Å²) in [4.78, 5) is 12.4. The molecule has 0 spiro atoms. The largest absolute Gasteiger partial charge is 0.382 e. The molecule has 0 radical (unpaired) electrons. The topological polar surface area (TPSA) is 85.8 Å². The zero-order chi connectivity index (χ0) is 18.0. The van der Waals surface area contributed by atoms with Crippen molar-refractivity contribution in [3.05, 3.63) is 70.7 Å². The van der Waals surface area contributed by atoms with Gasteiger partial charge < -0.3 is 11.1 Å². The molecule has 0 unspecified atom stereocenters. The van der Waals surface area contributed by atoms with Crippen LogP contribution in [0.5, 0.6) is 0 Å². The molecule has 0 fully saturated rings. The summed E-state index contributed by atoms with van der Waals surface area (Å²) in [7, 11) is 0. The average Bonchev–Trinajstić information content (AvgIpc) is 2.87. The summed E-state index contributed by atoms with van der Waals surface area (Å²) in [5.41, 5.74) is 9.45. The number of nitrogens with two attached hydrogens (primary N) is 1. The van der Waals surface area contributed by atoms with E-state index in [4.69, 9.17) is 5.73 Å². The molecule has 0 atom stereocenters. The van der Waals surface area contributed by atoms with Crippen LogP contribution in [0.2, 0.25) is 0 Å². The van der Waals surface area contributed by atoms with Crippen LogP contribution in [0, 0.1) is 19.7 Å². The van der Waals surface area contributed by atoms with E-state index in [2.05, 4.69) is 15.6 Å². The van der Waals surface area contributed by atoms with Gasteiger partial charge >= 0.3 is 0 Å². The van der Waals surface area contributed by atoms with Gasteiger partial charge in [-0.05, 0) is 54.8 Å². The van der Waals surface area contributed by atoms with Crippen molar-refractivity contribution in [2.24, 2.45) is 0 Å². The Hall–Kier alpha value is -3.22. The summed E-state index contributed by atoms with van der Waals surface area (Å²) >= 11 is 0. The fourth-order valence-corrected chi connectivity index (χ4v) is 2.64. The van der Waals surface area contributed by atoms with Gasteiger partial charge in [0, 0.05) is 5.69 Å². The molecule has 1 amide bonds. The second kappa shape index (κ2) is 6.72. The summed E-state index contributed by atoms with van der Waals surface area (Å²) < 4.78 is 14.6. The minimum atomic E-state index is -0.437. The minimum Gasteiger partial charge on any atom is -0.382 e. The van der Waals surface area contributed by atoms with Crippen molar-refractivity contribution in [1.29, 1.82) is 0 Å². The quantitative estimate of drug-likeness (QED) is 0.765. The predicted molar refractivity (Wildman–Crippen MR) is 93.8 cm³/mol. The third-order valence-corrected chi connectivity index (χ3v) is 3.69. The first-order chi connectivity index (χ1) is 11.9. The number of aryl methyl sites for hydroxylation is 2. The molecule has 2 aromatic carbocycles. The third kappa shape index (κ3) is 3.82. The van der Waals surface area contributed by atoms with E-state index >= 15 is 0 Å². The van der Waals surface area contributed by atoms with Gasteiger partial charge in [-0.25, -0.2) is 9.07 Å². The monoisotopic (exact) mass is 339 g/mol. The fraction of sp³-hybridized carbons (Fsp3) is 0.167. The van der Waals surface area contributed by atoms with Gasteiger partial charge in [-0.1, -0.05) is 23.4 Å². The number of nitrogens with one attached hydrogen (secondary N) is 1. The van der Waals surface area contributed by atoms with Crippen LogP contribution in [0.25, 0.3) is 0 Å². The molecule has 0 saturated carbocycles. The number of aromatic nitrogens is 3. The predicted octanol–water partition coefficient (Wildman–Crippen LogP) is 2.92. The number of carbonyl (C=O) groups is 1. The second-order valence-electron chi connectivity index (χ2n) is 5.94. The third-order valence-electron chi connectivity index (χ3n) is 3.69. The summed E-state index contributed by atoms with van der Waals surface area (Å²) in [6.45, 7) is 4.13. The summed E-state index contributed by atoms with van der Waals surface area (Å²) in [6.07, 6.45) is 0. The molecule has 0 bridgehead atoms. The van der Waals surface area contributed by atoms with Crippen LogP contribution in [0.4, 0.5) is 15.9 Å². The number of hydrogen-bond acceptors (Lipinski definition) is 4. The summed E-state index contributed by atoms with van der Waals surface area (Å²) in [5.74, 6) is -0.650. The maximum atomic E-state index is 13.3. The van der Waals surface area contributed by atoms with Crippen LogP contribution < -0.4 is 11.1 Å². The molecule has 3 N–H and O–H groups in total. The van der Waals surface area contributed by atoms with Gasteiger partial charge in [-0.2, -0.15) is 0 Å². The Labute approximate surface area is 144 Å². The normalized spacial score (nSPS) is 10.7. The van der Waals surface area contributed by atoms with E-state index in [9.17, 15) is 9.18 Å². The number of nitrogens with zero attached hydrogens (tertiary/aromatic N) is 3. The van der Waals surface area contributed by atoms with E-state index < -0.39 is 5.91 Å². The highest BCUT2D eigenvalue weighted by Crippen LogP contribution is 2.17. The van der Waals surface area contributed by atoms with Crippen LogP contribution in [0.3, 0.4) is 0 Å². The van der Waals surface area contributed by atoms with Gasteiger partial charge in [-0.3, -0.25) is 4.79 Å². The number of nitrogen functional groups attached to an aromatic ring is 1. The number of benzene rings is 2. The maximum absolute atomic E-state index is 13.3. The molecule has 0 aliphatic heterocycles. The van der Waals surface area contributed by atoms with Gasteiger partial charge in [0.15, 0.2) is 11.5 Å². The van der Waals surface area contributed by atoms with Gasteiger partial charge in [-0.15, -0.1) is 5.10 Å². The first-order valence-electron chi connectivity index (χ1n) is 7.75. The maximum Gasteiger partial charge on any atom is 0.280 e. The molecule has 6 nitrogen and oxygen atoms in total. The van der Waals surface area contributed by atoms with E-state index in [1.165, 1.54) is 16.8 Å². The van der Waals surface area contributed by atoms with Crippen LogP contribution in [-0.2, 0) is 6.54 Å². The SMILES string of the molecule is Cc1cc(C)cc(NC(=O)c2nnn(Cc3cccc(F)c3)c2N)c1. The number of hydrogen-bond donors (Lipinski definition) is 2. The lowest BCUT2D eigenvalue weighted by molar-refractivity contribution is 0.102. The molecule has 0 aliphatic carbocycles. The molecule has 25 heavy (non-hydrogen) atoms. The van der Waals surface area contributed by atoms with Gasteiger partial charge in [0.2, 0.25) is 0 Å². The summed E-state index contributed by atoms with van der Waals surface area (Å²) in [6, 6.07) is 11.8. The van der Waals surface area contributed by atoms with Gasteiger partial charge in [0.25, 0.3) is 5.91 Å². The van der Waals surface area contributed by atoms with Crippen LogP contribution >= 0.6 is 0 Å². The lowest BCUT2D eigenvalue weighted by atomic mass is 10.1. The first kappa shape index (κ1) is 16.6. The molecule has 0 aliphatic rings. The van der Waals surface area contributed by atoms with Gasteiger partial charge in [0.1, 0.15) is 5.82 Å². The Kier molecular flexibility index (Phi) is 4.47. The Morgan fingerprint density at radius 2 is 1.92 bits per heavy atom. The van der Waals surface area contributed by atoms with E-state index in [1.807, 2.05) is 32.0 Å². The average molecular weight is 339 g/mol. The highest BCUT2D eigenvalue weighted by atomic mass is 19.1. The number of amides is 1. The van der Waals surface area contributed by atoms with Crippen molar-refractivity contribution in [3.8, 4) is 0 Å². The summed E-state index contributed by atoms with van der Waals surface area (Å²) in [5, 5.41) is 10.5. The Morgan fingerprint density at radius 3 is 2.60 bits per heavy atom. The molecule has 128 valence electrons. The standard InChI is InChI=1S/C18H18FN5O/c1-11-6-12(2)8-15(7-11)21-18(25)16-17(20)24(23-22-16)10-13-4-3-5-14(19)9-13/h3-9H,10,20H2,1-2H3,(H,21,25). The first-order valence-corrected chi connectivity index (χ1v) is 7.75. The number of halogens is 1. The van der Waals surface area contributed by atoms with Crippen molar-refractivity contribution < 1.29 is 9.18 Å². The van der Waals surface area contributed by atoms with Crippen molar-refractivity contribution in [1.82, 2.24) is 15.0 Å².